The van der Waals surface area contributed by atoms with Gasteiger partial charge in [-0.05, 0) is 18.4 Å². The number of fused-ring (bicyclic) bond motifs is 1. The van der Waals surface area contributed by atoms with Gasteiger partial charge in [0.15, 0.2) is 11.0 Å². The highest BCUT2D eigenvalue weighted by Crippen LogP contribution is 2.34. The van der Waals surface area contributed by atoms with Gasteiger partial charge in [-0.3, -0.25) is 4.57 Å². The molecule has 2 aromatic heterocycles. The number of halogens is 1. The van der Waals surface area contributed by atoms with E-state index in [0.717, 1.165) is 16.3 Å². The molecule has 1 N–H and O–H groups in total. The van der Waals surface area contributed by atoms with Gasteiger partial charge in [0, 0.05) is 30.6 Å². The van der Waals surface area contributed by atoms with Crippen molar-refractivity contribution in [1.29, 1.82) is 0 Å². The van der Waals surface area contributed by atoms with Crippen molar-refractivity contribution < 1.29 is 5.11 Å². The van der Waals surface area contributed by atoms with Gasteiger partial charge in [-0.15, -0.1) is 0 Å². The lowest BCUT2D eigenvalue weighted by Crippen LogP contribution is -1.88. The summed E-state index contributed by atoms with van der Waals surface area (Å²) in [6.07, 6.45) is 6.95. The molecule has 1 aliphatic rings. The molecule has 0 unspecified atom stereocenters. The Morgan fingerprint density at radius 3 is 2.95 bits per heavy atom. The minimum Gasteiger partial charge on any atom is -0.493 e. The van der Waals surface area contributed by atoms with Crippen LogP contribution < -0.4 is 0 Å². The number of allylic oxidation sites excluding steroid dienone is 1. The fourth-order valence-electron chi connectivity index (χ4n) is 1.98. The first kappa shape index (κ1) is 13.2. The lowest BCUT2D eigenvalue weighted by molar-refractivity contribution is 0.424. The Hall–Kier alpha value is -1.79. The minimum atomic E-state index is 0.124. The van der Waals surface area contributed by atoms with E-state index in [4.69, 9.17) is 11.6 Å². The average Bonchev–Trinajstić information content (AvgIpc) is 2.95. The molecular weight excluding hydrogens is 296 g/mol. The second-order valence-corrected chi connectivity index (χ2v) is 5.46. The summed E-state index contributed by atoms with van der Waals surface area (Å²) in [5, 5.41) is 11.4. The molecule has 7 heteroatoms. The normalized spacial score (nSPS) is 15.1. The van der Waals surface area contributed by atoms with E-state index in [2.05, 4.69) is 15.0 Å². The first-order chi connectivity index (χ1) is 9.60. The van der Waals surface area contributed by atoms with Crippen LogP contribution in [-0.4, -0.2) is 32.1 Å². The van der Waals surface area contributed by atoms with E-state index < -0.39 is 0 Å². The van der Waals surface area contributed by atoms with Crippen molar-refractivity contribution in [2.45, 2.75) is 5.16 Å². The first-order valence-corrected chi connectivity index (χ1v) is 7.41. The molecule has 0 spiro atoms. The van der Waals surface area contributed by atoms with Crippen LogP contribution >= 0.6 is 23.4 Å². The summed E-state index contributed by atoms with van der Waals surface area (Å²) in [6.45, 7) is 0. The van der Waals surface area contributed by atoms with E-state index in [1.165, 1.54) is 11.8 Å². The largest absolute Gasteiger partial charge is 0.493 e. The van der Waals surface area contributed by atoms with Gasteiger partial charge in [-0.2, -0.15) is 0 Å². The quantitative estimate of drug-likeness (QED) is 0.866. The van der Waals surface area contributed by atoms with Gasteiger partial charge in [-0.1, -0.05) is 23.4 Å². The molecule has 3 heterocycles. The van der Waals surface area contributed by atoms with E-state index in [1.54, 1.807) is 36.2 Å². The minimum absolute atomic E-state index is 0.124. The lowest BCUT2D eigenvalue weighted by Gasteiger charge is -1.99. The molecular formula is C13H11ClN4OS. The van der Waals surface area contributed by atoms with Crippen LogP contribution in [0.15, 0.2) is 22.4 Å². The monoisotopic (exact) mass is 306 g/mol. The first-order valence-electron chi connectivity index (χ1n) is 5.81. The third-order valence-electron chi connectivity index (χ3n) is 2.99. The van der Waals surface area contributed by atoms with Gasteiger partial charge < -0.3 is 5.11 Å². The number of hydrogen-bond donors (Lipinski definition) is 1. The van der Waals surface area contributed by atoms with Gasteiger partial charge in [0.25, 0.3) is 0 Å². The maximum Gasteiger partial charge on any atom is 0.219 e. The van der Waals surface area contributed by atoms with Crippen LogP contribution in [0.5, 0.6) is 5.88 Å². The van der Waals surface area contributed by atoms with Crippen LogP contribution in [0.3, 0.4) is 0 Å². The zero-order chi connectivity index (χ0) is 14.3. The molecule has 5 nitrogen and oxygen atoms in total. The number of aromatic nitrogens is 3. The molecule has 0 bridgehead atoms. The molecule has 0 radical (unpaired) electrons. The molecule has 0 aromatic carbocycles. The lowest BCUT2D eigenvalue weighted by atomic mass is 10.1. The molecule has 0 fully saturated rings. The summed E-state index contributed by atoms with van der Waals surface area (Å²) >= 11 is 7.43. The zero-order valence-electron chi connectivity index (χ0n) is 10.8. The fraction of sp³-hybridized carbons (Fsp3) is 0.154. The molecule has 3 rings (SSSR count). The molecule has 0 saturated heterocycles. The summed E-state index contributed by atoms with van der Waals surface area (Å²) in [5.41, 5.74) is 2.18. The Morgan fingerprint density at radius 1 is 1.45 bits per heavy atom. The molecule has 2 aromatic rings. The number of imidazole rings is 1. The van der Waals surface area contributed by atoms with E-state index in [1.807, 2.05) is 6.26 Å². The summed E-state index contributed by atoms with van der Waals surface area (Å²) in [5.74, 6) is 0.750. The van der Waals surface area contributed by atoms with Crippen molar-refractivity contribution in [3.63, 3.8) is 0 Å². The van der Waals surface area contributed by atoms with Crippen molar-refractivity contribution in [2.75, 3.05) is 6.26 Å². The molecule has 1 aliphatic heterocycles. The van der Waals surface area contributed by atoms with Gasteiger partial charge in [0.2, 0.25) is 5.88 Å². The van der Waals surface area contributed by atoms with Crippen molar-refractivity contribution in [1.82, 2.24) is 14.5 Å². The molecule has 0 atom stereocenters. The van der Waals surface area contributed by atoms with Gasteiger partial charge in [-0.25, -0.2) is 15.0 Å². The molecule has 0 saturated carbocycles. The number of hydrogen-bond acceptors (Lipinski definition) is 5. The Morgan fingerprint density at radius 2 is 2.25 bits per heavy atom. The van der Waals surface area contributed by atoms with Crippen LogP contribution in [0.4, 0.5) is 5.82 Å². The average molecular weight is 307 g/mol. The molecule has 0 aliphatic carbocycles. The summed E-state index contributed by atoms with van der Waals surface area (Å²) in [4.78, 5) is 12.7. The van der Waals surface area contributed by atoms with Crippen LogP contribution in [0.2, 0.25) is 5.02 Å². The predicted molar refractivity (Wildman–Crippen MR) is 81.9 cm³/mol. The number of rotatable bonds is 2. The highest BCUT2D eigenvalue weighted by molar-refractivity contribution is 7.98. The fourth-order valence-corrected chi connectivity index (χ4v) is 2.69. The van der Waals surface area contributed by atoms with Crippen LogP contribution in [0.25, 0.3) is 11.6 Å². The Bertz CT molecular complexity index is 751. The van der Waals surface area contributed by atoms with E-state index in [0.29, 0.717) is 16.5 Å². The topological polar surface area (TPSA) is 63.3 Å². The van der Waals surface area contributed by atoms with Crippen LogP contribution in [0, 0.1) is 0 Å². The Labute approximate surface area is 125 Å². The number of aromatic hydroxyl groups is 1. The maximum absolute atomic E-state index is 10.1. The van der Waals surface area contributed by atoms with Crippen LogP contribution in [0.1, 0.15) is 11.3 Å². The van der Waals surface area contributed by atoms with Gasteiger partial charge in [0.05, 0.1) is 5.02 Å². The van der Waals surface area contributed by atoms with E-state index >= 15 is 0 Å². The number of aliphatic imine (C=N–C) groups is 1. The second kappa shape index (κ2) is 4.96. The third kappa shape index (κ3) is 2.10. The smallest absolute Gasteiger partial charge is 0.219 e. The Kier molecular flexibility index (Phi) is 3.27. The second-order valence-electron chi connectivity index (χ2n) is 4.25. The standard InChI is InChI=1S/C13H11ClN4OS/c1-18-12(19)10(17-13(18)20-2)3-7-5-15-11-9(7)4-8(14)6-16-11/h3-6,19H,1-2H3. The van der Waals surface area contributed by atoms with Crippen LogP contribution in [-0.2, 0) is 7.05 Å². The summed E-state index contributed by atoms with van der Waals surface area (Å²) in [7, 11) is 1.77. The maximum atomic E-state index is 10.1. The zero-order valence-corrected chi connectivity index (χ0v) is 12.4. The van der Waals surface area contributed by atoms with E-state index in [9.17, 15) is 5.11 Å². The highest BCUT2D eigenvalue weighted by atomic mass is 35.5. The molecule has 20 heavy (non-hydrogen) atoms. The summed E-state index contributed by atoms with van der Waals surface area (Å²) < 4.78 is 1.64. The SMILES string of the molecule is CSc1nc(C=C2C=Nc3ncc(Cl)cc32)c(O)n1C. The van der Waals surface area contributed by atoms with Crippen molar-refractivity contribution in [2.24, 2.45) is 12.0 Å². The van der Waals surface area contributed by atoms with E-state index in [-0.39, 0.29) is 5.88 Å². The highest BCUT2D eigenvalue weighted by Gasteiger charge is 2.17. The van der Waals surface area contributed by atoms with Crippen molar-refractivity contribution in [3.05, 3.63) is 28.5 Å². The van der Waals surface area contributed by atoms with Gasteiger partial charge >= 0.3 is 0 Å². The summed E-state index contributed by atoms with van der Waals surface area (Å²) in [6, 6.07) is 1.80. The number of pyridine rings is 1. The van der Waals surface area contributed by atoms with Gasteiger partial charge in [0.1, 0.15) is 5.69 Å². The van der Waals surface area contributed by atoms with Crippen molar-refractivity contribution >= 4 is 47.0 Å². The molecule has 0 amide bonds. The third-order valence-corrected chi connectivity index (χ3v) is 3.93. The predicted octanol–water partition coefficient (Wildman–Crippen LogP) is 3.15. The van der Waals surface area contributed by atoms with Crippen molar-refractivity contribution in [3.8, 4) is 5.88 Å². The number of thioether (sulfide) groups is 1. The molecule has 102 valence electrons. The Balaban J connectivity index is 2.08. The number of nitrogens with zero attached hydrogens (tertiary/aromatic N) is 4.